The summed E-state index contributed by atoms with van der Waals surface area (Å²) in [6.07, 6.45) is 3.01. The van der Waals surface area contributed by atoms with E-state index in [-0.39, 0.29) is 0 Å². The normalized spacial score (nSPS) is 12.0. The number of likely N-dealkylation sites (N-methyl/N-ethyl adjacent to an activating group) is 1. The van der Waals surface area contributed by atoms with Crippen molar-refractivity contribution in [3.05, 3.63) is 53.9 Å². The monoisotopic (exact) mass is 288 g/mol. The number of hydrogen-bond donors (Lipinski definition) is 1. The van der Waals surface area contributed by atoms with Crippen molar-refractivity contribution in [1.29, 1.82) is 0 Å². The van der Waals surface area contributed by atoms with Crippen LogP contribution in [0.5, 0.6) is 11.5 Å². The largest absolute Gasteiger partial charge is 0.493 e. The Bertz CT molecular complexity index is 558. The number of methoxy groups -OCH3 is 2. The average molecular weight is 288 g/mol. The van der Waals surface area contributed by atoms with Crippen molar-refractivity contribution >= 4 is 0 Å². The van der Waals surface area contributed by atoms with Crippen LogP contribution < -0.4 is 19.4 Å². The van der Waals surface area contributed by atoms with Gasteiger partial charge in [-0.2, -0.15) is 0 Å². The molecule has 2 aromatic rings. The van der Waals surface area contributed by atoms with Crippen LogP contribution in [0, 0.1) is 0 Å². The van der Waals surface area contributed by atoms with Crippen molar-refractivity contribution < 1.29 is 19.4 Å². The SMILES string of the molecule is COc1ccc(C[NH+](C)CCc2cccc[nH+]2)cc1OC. The number of benzene rings is 1. The first-order valence-corrected chi connectivity index (χ1v) is 7.20. The van der Waals surface area contributed by atoms with Crippen molar-refractivity contribution in [3.63, 3.8) is 0 Å². The molecule has 4 nitrogen and oxygen atoms in total. The Kier molecular flexibility index (Phi) is 5.58. The summed E-state index contributed by atoms with van der Waals surface area (Å²) < 4.78 is 10.6. The number of aromatic amines is 1. The third-order valence-corrected chi connectivity index (χ3v) is 3.55. The van der Waals surface area contributed by atoms with E-state index in [0.29, 0.717) is 0 Å². The molecular weight excluding hydrogens is 264 g/mol. The third kappa shape index (κ3) is 4.46. The summed E-state index contributed by atoms with van der Waals surface area (Å²) in [5.74, 6) is 1.57. The standard InChI is InChI=1S/C17H22N2O2/c1-19(11-9-15-6-4-5-10-18-15)13-14-7-8-16(20-2)17(12-14)21-3/h4-8,10,12H,9,11,13H2,1-3H3/p+2. The van der Waals surface area contributed by atoms with Gasteiger partial charge >= 0.3 is 0 Å². The molecule has 1 heterocycles. The number of ether oxygens (including phenoxy) is 2. The highest BCUT2D eigenvalue weighted by molar-refractivity contribution is 5.42. The third-order valence-electron chi connectivity index (χ3n) is 3.55. The van der Waals surface area contributed by atoms with Gasteiger partial charge in [0.05, 0.1) is 34.2 Å². The van der Waals surface area contributed by atoms with Gasteiger partial charge in [0.15, 0.2) is 23.4 Å². The zero-order valence-electron chi connectivity index (χ0n) is 13.0. The molecule has 2 rings (SSSR count). The first kappa shape index (κ1) is 15.3. The molecule has 0 saturated carbocycles. The minimum atomic E-state index is 0.776. The molecule has 0 amide bonds. The van der Waals surface area contributed by atoms with Gasteiger partial charge in [-0.25, -0.2) is 4.98 Å². The fourth-order valence-electron chi connectivity index (χ4n) is 2.36. The number of pyridine rings is 1. The van der Waals surface area contributed by atoms with Gasteiger partial charge in [0.2, 0.25) is 0 Å². The van der Waals surface area contributed by atoms with Gasteiger partial charge in [-0.3, -0.25) is 0 Å². The lowest BCUT2D eigenvalue weighted by atomic mass is 10.2. The first-order chi connectivity index (χ1) is 10.2. The number of H-pyrrole nitrogens is 1. The van der Waals surface area contributed by atoms with Crippen LogP contribution in [0.4, 0.5) is 0 Å². The van der Waals surface area contributed by atoms with Crippen molar-refractivity contribution in [2.75, 3.05) is 27.8 Å². The van der Waals surface area contributed by atoms with E-state index in [9.17, 15) is 0 Å². The smallest absolute Gasteiger partial charge is 0.185 e. The van der Waals surface area contributed by atoms with Gasteiger partial charge in [-0.1, -0.05) is 6.07 Å². The van der Waals surface area contributed by atoms with Crippen LogP contribution in [0.3, 0.4) is 0 Å². The van der Waals surface area contributed by atoms with Gasteiger partial charge in [0.1, 0.15) is 6.54 Å². The molecule has 112 valence electrons. The Morgan fingerprint density at radius 1 is 1.05 bits per heavy atom. The van der Waals surface area contributed by atoms with Gasteiger partial charge in [-0.05, 0) is 18.2 Å². The Hall–Kier alpha value is -2.07. The summed E-state index contributed by atoms with van der Waals surface area (Å²) in [6.45, 7) is 2.04. The van der Waals surface area contributed by atoms with Gasteiger partial charge in [0, 0.05) is 17.7 Å². The molecule has 2 N–H and O–H groups in total. The molecule has 1 unspecified atom stereocenters. The van der Waals surface area contributed by atoms with Crippen LogP contribution in [0.25, 0.3) is 0 Å². The number of hydrogen-bond acceptors (Lipinski definition) is 2. The summed E-state index contributed by atoms with van der Waals surface area (Å²) in [6, 6.07) is 12.3. The molecule has 1 aromatic carbocycles. The molecule has 0 aliphatic rings. The molecule has 1 aromatic heterocycles. The van der Waals surface area contributed by atoms with Crippen molar-refractivity contribution in [1.82, 2.24) is 0 Å². The maximum Gasteiger partial charge on any atom is 0.185 e. The lowest BCUT2D eigenvalue weighted by molar-refractivity contribution is -0.893. The maximum atomic E-state index is 5.35. The Labute approximate surface area is 126 Å². The lowest BCUT2D eigenvalue weighted by Gasteiger charge is -2.14. The Morgan fingerprint density at radius 3 is 2.52 bits per heavy atom. The maximum absolute atomic E-state index is 5.35. The molecule has 4 heteroatoms. The Balaban J connectivity index is 1.91. The molecule has 0 aliphatic carbocycles. The molecule has 0 saturated heterocycles. The molecule has 0 spiro atoms. The van der Waals surface area contributed by atoms with Gasteiger partial charge in [-0.15, -0.1) is 0 Å². The molecule has 1 atom stereocenters. The highest BCUT2D eigenvalue weighted by Gasteiger charge is 2.10. The van der Waals surface area contributed by atoms with Gasteiger partial charge in [0.25, 0.3) is 0 Å². The van der Waals surface area contributed by atoms with E-state index in [1.54, 1.807) is 14.2 Å². The van der Waals surface area contributed by atoms with E-state index < -0.39 is 0 Å². The molecule has 0 aliphatic heterocycles. The van der Waals surface area contributed by atoms with E-state index in [1.165, 1.54) is 16.2 Å². The molecular formula is C17H24N2O2+2. The molecule has 21 heavy (non-hydrogen) atoms. The van der Waals surface area contributed by atoms with Crippen molar-refractivity contribution in [2.24, 2.45) is 0 Å². The summed E-state index contributed by atoms with van der Waals surface area (Å²) in [5, 5.41) is 0. The molecule has 0 fully saturated rings. The predicted molar refractivity (Wildman–Crippen MR) is 81.7 cm³/mol. The van der Waals surface area contributed by atoms with E-state index in [2.05, 4.69) is 36.3 Å². The fourth-order valence-corrected chi connectivity index (χ4v) is 2.36. The summed E-state index contributed by atoms with van der Waals surface area (Å²) >= 11 is 0. The summed E-state index contributed by atoms with van der Waals surface area (Å²) in [7, 11) is 5.54. The zero-order chi connectivity index (χ0) is 15.1. The van der Waals surface area contributed by atoms with Crippen LogP contribution in [-0.4, -0.2) is 27.8 Å². The van der Waals surface area contributed by atoms with Crippen LogP contribution in [0.2, 0.25) is 0 Å². The molecule has 0 radical (unpaired) electrons. The zero-order valence-corrected chi connectivity index (χ0v) is 13.0. The van der Waals surface area contributed by atoms with E-state index in [1.807, 2.05) is 18.3 Å². The number of quaternary nitrogens is 1. The highest BCUT2D eigenvalue weighted by Crippen LogP contribution is 2.27. The summed E-state index contributed by atoms with van der Waals surface area (Å²) in [5.41, 5.74) is 2.52. The van der Waals surface area contributed by atoms with E-state index in [4.69, 9.17) is 9.47 Å². The summed E-state index contributed by atoms with van der Waals surface area (Å²) in [4.78, 5) is 4.73. The number of aromatic nitrogens is 1. The topological polar surface area (TPSA) is 37.0 Å². The van der Waals surface area contributed by atoms with Crippen molar-refractivity contribution in [3.8, 4) is 11.5 Å². The fraction of sp³-hybridized carbons (Fsp3) is 0.353. The predicted octanol–water partition coefficient (Wildman–Crippen LogP) is 0.775. The van der Waals surface area contributed by atoms with E-state index >= 15 is 0 Å². The van der Waals surface area contributed by atoms with Crippen LogP contribution in [0.15, 0.2) is 42.6 Å². The van der Waals surface area contributed by atoms with E-state index in [0.717, 1.165) is 31.0 Å². The number of nitrogens with one attached hydrogen (secondary N) is 2. The lowest BCUT2D eigenvalue weighted by Crippen LogP contribution is -3.07. The second-order valence-electron chi connectivity index (χ2n) is 5.21. The Morgan fingerprint density at radius 2 is 1.86 bits per heavy atom. The second-order valence-corrected chi connectivity index (χ2v) is 5.21. The van der Waals surface area contributed by atoms with Crippen LogP contribution in [0.1, 0.15) is 11.3 Å². The second kappa shape index (κ2) is 7.64. The highest BCUT2D eigenvalue weighted by atomic mass is 16.5. The quantitative estimate of drug-likeness (QED) is 0.817. The molecule has 0 bridgehead atoms. The van der Waals surface area contributed by atoms with Gasteiger partial charge < -0.3 is 14.4 Å². The van der Waals surface area contributed by atoms with Crippen molar-refractivity contribution in [2.45, 2.75) is 13.0 Å². The minimum absolute atomic E-state index is 0.776. The minimum Gasteiger partial charge on any atom is -0.493 e. The first-order valence-electron chi connectivity index (χ1n) is 7.20. The van der Waals surface area contributed by atoms with Crippen LogP contribution >= 0.6 is 0 Å². The van der Waals surface area contributed by atoms with Crippen LogP contribution in [-0.2, 0) is 13.0 Å². The average Bonchev–Trinajstić information content (AvgIpc) is 2.53. The number of rotatable bonds is 7.